The van der Waals surface area contributed by atoms with Crippen LogP contribution in [-0.2, 0) is 9.53 Å². The van der Waals surface area contributed by atoms with Crippen LogP contribution in [0.2, 0.25) is 0 Å². The fourth-order valence-electron chi connectivity index (χ4n) is 3.51. The molecule has 2 N–H and O–H groups in total. The van der Waals surface area contributed by atoms with Crippen LogP contribution >= 0.6 is 0 Å². The van der Waals surface area contributed by atoms with Gasteiger partial charge in [0.25, 0.3) is 11.8 Å². The number of hydrogen-bond donors (Lipinski definition) is 2. The summed E-state index contributed by atoms with van der Waals surface area (Å²) in [7, 11) is 1.23. The molecule has 176 valence electrons. The number of carbonyl (C=O) groups excluding carboxylic acids is 3. The van der Waals surface area contributed by atoms with Gasteiger partial charge in [-0.3, -0.25) is 9.59 Å². The second-order valence-electron chi connectivity index (χ2n) is 7.37. The number of benzene rings is 2. The largest absolute Gasteiger partial charge is 0.493 e. The van der Waals surface area contributed by atoms with E-state index in [-0.39, 0.29) is 29.0 Å². The lowest BCUT2D eigenvalue weighted by molar-refractivity contribution is -0.119. The monoisotopic (exact) mass is 462 g/mol. The molecular formula is C23H24F2N2O6. The Morgan fingerprint density at radius 2 is 1.79 bits per heavy atom. The third-order valence-electron chi connectivity index (χ3n) is 5.09. The topological polar surface area (TPSA) is 103 Å². The van der Waals surface area contributed by atoms with E-state index in [9.17, 15) is 23.2 Å². The quantitative estimate of drug-likeness (QED) is 0.550. The van der Waals surface area contributed by atoms with E-state index in [1.165, 1.54) is 19.2 Å². The molecule has 0 saturated heterocycles. The molecule has 1 fully saturated rings. The average molecular weight is 462 g/mol. The van der Waals surface area contributed by atoms with Crippen LogP contribution in [0.15, 0.2) is 42.5 Å². The Hall–Kier alpha value is -3.69. The second kappa shape index (κ2) is 11.3. The fraction of sp³-hybridized carbons (Fsp3) is 0.348. The SMILES string of the molecule is COc1cc(C(=O)OCC(=O)Nc2ccccc2C(=O)NC2CCCC2)ccc1OC(F)F. The number of hydrogen-bond acceptors (Lipinski definition) is 6. The van der Waals surface area contributed by atoms with Gasteiger partial charge in [-0.25, -0.2) is 4.79 Å². The van der Waals surface area contributed by atoms with Crippen LogP contribution in [0.5, 0.6) is 11.5 Å². The van der Waals surface area contributed by atoms with Crippen LogP contribution in [0.25, 0.3) is 0 Å². The summed E-state index contributed by atoms with van der Waals surface area (Å²) in [5.74, 6) is -2.12. The summed E-state index contributed by atoms with van der Waals surface area (Å²) in [6, 6.07) is 10.2. The first-order valence-electron chi connectivity index (χ1n) is 10.4. The molecule has 1 aliphatic carbocycles. The Labute approximate surface area is 189 Å². The number of para-hydroxylation sites is 1. The van der Waals surface area contributed by atoms with Gasteiger partial charge in [0.2, 0.25) is 0 Å². The Morgan fingerprint density at radius 3 is 2.48 bits per heavy atom. The van der Waals surface area contributed by atoms with Crippen molar-refractivity contribution in [3.05, 3.63) is 53.6 Å². The third-order valence-corrected chi connectivity index (χ3v) is 5.09. The van der Waals surface area contributed by atoms with Crippen LogP contribution in [-0.4, -0.2) is 44.2 Å². The summed E-state index contributed by atoms with van der Waals surface area (Å²) in [6.45, 7) is -3.67. The minimum Gasteiger partial charge on any atom is -0.493 e. The first kappa shape index (κ1) is 24.0. The highest BCUT2D eigenvalue weighted by atomic mass is 19.3. The summed E-state index contributed by atoms with van der Waals surface area (Å²) in [5, 5.41) is 5.53. The maximum atomic E-state index is 12.6. The molecule has 8 nitrogen and oxygen atoms in total. The first-order chi connectivity index (χ1) is 15.9. The fourth-order valence-corrected chi connectivity index (χ4v) is 3.51. The molecule has 0 radical (unpaired) electrons. The number of nitrogens with one attached hydrogen (secondary N) is 2. The standard InChI is InChI=1S/C23H24F2N2O6/c1-31-19-12-14(10-11-18(19)33-23(24)25)22(30)32-13-20(28)27-17-9-5-4-8-16(17)21(29)26-15-6-2-3-7-15/h4-5,8-12,15,23H,2-3,6-7,13H2,1H3,(H,26,29)(H,27,28). The Balaban J connectivity index is 1.58. The van der Waals surface area contributed by atoms with Crippen molar-refractivity contribution in [2.24, 2.45) is 0 Å². The highest BCUT2D eigenvalue weighted by Gasteiger charge is 2.21. The van der Waals surface area contributed by atoms with E-state index in [1.54, 1.807) is 24.3 Å². The molecule has 2 amide bonds. The van der Waals surface area contributed by atoms with E-state index >= 15 is 0 Å². The number of ether oxygens (including phenoxy) is 3. The summed E-state index contributed by atoms with van der Waals surface area (Å²) >= 11 is 0. The van der Waals surface area contributed by atoms with Crippen molar-refractivity contribution in [3.63, 3.8) is 0 Å². The first-order valence-corrected chi connectivity index (χ1v) is 10.4. The molecule has 1 aliphatic rings. The Morgan fingerprint density at radius 1 is 1.06 bits per heavy atom. The van der Waals surface area contributed by atoms with E-state index in [2.05, 4.69) is 15.4 Å². The number of halogens is 2. The summed E-state index contributed by atoms with van der Waals surface area (Å²) < 4.78 is 39.1. The average Bonchev–Trinajstić information content (AvgIpc) is 3.30. The van der Waals surface area contributed by atoms with Crippen molar-refractivity contribution < 1.29 is 37.4 Å². The number of rotatable bonds is 9. The van der Waals surface area contributed by atoms with Gasteiger partial charge >= 0.3 is 12.6 Å². The molecule has 33 heavy (non-hydrogen) atoms. The van der Waals surface area contributed by atoms with Crippen molar-refractivity contribution in [2.75, 3.05) is 19.0 Å². The molecule has 0 aromatic heterocycles. The van der Waals surface area contributed by atoms with Gasteiger partial charge in [0, 0.05) is 6.04 Å². The molecule has 0 aliphatic heterocycles. The van der Waals surface area contributed by atoms with Crippen molar-refractivity contribution in [1.82, 2.24) is 5.32 Å². The zero-order valence-corrected chi connectivity index (χ0v) is 17.9. The number of amides is 2. The number of anilines is 1. The number of alkyl halides is 2. The van der Waals surface area contributed by atoms with E-state index < -0.39 is 25.1 Å². The number of methoxy groups -OCH3 is 1. The highest BCUT2D eigenvalue weighted by molar-refractivity contribution is 6.04. The van der Waals surface area contributed by atoms with E-state index in [1.807, 2.05) is 0 Å². The number of carbonyl (C=O) groups is 3. The maximum Gasteiger partial charge on any atom is 0.387 e. The predicted octanol–water partition coefficient (Wildman–Crippen LogP) is 3.76. The van der Waals surface area contributed by atoms with Crippen molar-refractivity contribution in [1.29, 1.82) is 0 Å². The van der Waals surface area contributed by atoms with E-state index in [0.717, 1.165) is 31.7 Å². The normalized spacial score (nSPS) is 13.5. The zero-order valence-electron chi connectivity index (χ0n) is 17.9. The van der Waals surface area contributed by atoms with Gasteiger partial charge in [-0.2, -0.15) is 8.78 Å². The lowest BCUT2D eigenvalue weighted by Crippen LogP contribution is -2.33. The lowest BCUT2D eigenvalue weighted by atomic mass is 10.1. The van der Waals surface area contributed by atoms with Gasteiger partial charge in [0.1, 0.15) is 0 Å². The molecule has 1 saturated carbocycles. The van der Waals surface area contributed by atoms with Crippen LogP contribution in [0.4, 0.5) is 14.5 Å². The lowest BCUT2D eigenvalue weighted by Gasteiger charge is -2.15. The highest BCUT2D eigenvalue weighted by Crippen LogP contribution is 2.29. The van der Waals surface area contributed by atoms with Crippen molar-refractivity contribution in [3.8, 4) is 11.5 Å². The van der Waals surface area contributed by atoms with Crippen LogP contribution < -0.4 is 20.1 Å². The summed E-state index contributed by atoms with van der Waals surface area (Å²) in [5.41, 5.74) is 0.588. The molecule has 0 spiro atoms. The molecule has 10 heteroatoms. The third kappa shape index (κ3) is 6.64. The Bertz CT molecular complexity index is 1010. The van der Waals surface area contributed by atoms with Crippen LogP contribution in [0.1, 0.15) is 46.4 Å². The number of esters is 1. The molecule has 0 heterocycles. The van der Waals surface area contributed by atoms with E-state index in [4.69, 9.17) is 9.47 Å². The van der Waals surface area contributed by atoms with Crippen LogP contribution in [0, 0.1) is 0 Å². The summed E-state index contributed by atoms with van der Waals surface area (Å²) in [4.78, 5) is 37.2. The Kier molecular flexibility index (Phi) is 8.17. The summed E-state index contributed by atoms with van der Waals surface area (Å²) in [6.07, 6.45) is 4.00. The maximum absolute atomic E-state index is 12.6. The second-order valence-corrected chi connectivity index (χ2v) is 7.37. The van der Waals surface area contributed by atoms with E-state index in [0.29, 0.717) is 11.3 Å². The molecule has 0 unspecified atom stereocenters. The van der Waals surface area contributed by atoms with Gasteiger partial charge in [-0.1, -0.05) is 25.0 Å². The minimum atomic E-state index is -3.05. The smallest absolute Gasteiger partial charge is 0.387 e. The van der Waals surface area contributed by atoms with Crippen molar-refractivity contribution in [2.45, 2.75) is 38.3 Å². The molecular weight excluding hydrogens is 438 g/mol. The molecule has 2 aromatic carbocycles. The van der Waals surface area contributed by atoms with Crippen LogP contribution in [0.3, 0.4) is 0 Å². The van der Waals surface area contributed by atoms with Gasteiger partial charge < -0.3 is 24.8 Å². The van der Waals surface area contributed by atoms with Gasteiger partial charge in [-0.15, -0.1) is 0 Å². The van der Waals surface area contributed by atoms with Gasteiger partial charge in [0.15, 0.2) is 18.1 Å². The minimum absolute atomic E-state index is 0.0161. The van der Waals surface area contributed by atoms with Gasteiger partial charge in [0.05, 0.1) is 23.9 Å². The van der Waals surface area contributed by atoms with Crippen molar-refractivity contribution >= 4 is 23.5 Å². The molecule has 0 atom stereocenters. The molecule has 3 rings (SSSR count). The molecule has 2 aromatic rings. The zero-order chi connectivity index (χ0) is 23.8. The molecule has 0 bridgehead atoms. The van der Waals surface area contributed by atoms with Gasteiger partial charge in [-0.05, 0) is 43.2 Å². The predicted molar refractivity (Wildman–Crippen MR) is 115 cm³/mol.